The van der Waals surface area contributed by atoms with E-state index in [1.807, 2.05) is 26.0 Å². The average Bonchev–Trinajstić information content (AvgIpc) is 2.56. The van der Waals surface area contributed by atoms with Crippen molar-refractivity contribution in [3.05, 3.63) is 41.3 Å². The van der Waals surface area contributed by atoms with Crippen LogP contribution in [-0.4, -0.2) is 24.0 Å². The van der Waals surface area contributed by atoms with Crippen LogP contribution < -0.4 is 4.74 Å². The van der Waals surface area contributed by atoms with Gasteiger partial charge in [0.15, 0.2) is 0 Å². The van der Waals surface area contributed by atoms with Crippen molar-refractivity contribution in [1.29, 1.82) is 0 Å². The molecule has 5 nitrogen and oxygen atoms in total. The number of benzene rings is 1. The van der Waals surface area contributed by atoms with Crippen LogP contribution in [0.25, 0.3) is 0 Å². The minimum atomic E-state index is -0.248. The molecule has 5 heteroatoms. The van der Waals surface area contributed by atoms with Gasteiger partial charge in [0.05, 0.1) is 5.92 Å². The van der Waals surface area contributed by atoms with Gasteiger partial charge >= 0.3 is 5.97 Å². The lowest BCUT2D eigenvalue weighted by molar-refractivity contribution is -0.154. The number of carbonyl (C=O) groups is 2. The molecule has 0 saturated heterocycles. The fraction of sp³-hybridized carbons (Fsp3) is 0.500. The van der Waals surface area contributed by atoms with Crippen molar-refractivity contribution in [2.75, 3.05) is 0 Å². The molecule has 3 unspecified atom stereocenters. The molecule has 3 rings (SSSR count). The van der Waals surface area contributed by atoms with E-state index in [4.69, 9.17) is 14.2 Å². The van der Waals surface area contributed by atoms with Crippen molar-refractivity contribution in [3.63, 3.8) is 0 Å². The van der Waals surface area contributed by atoms with Gasteiger partial charge in [-0.2, -0.15) is 0 Å². The van der Waals surface area contributed by atoms with Gasteiger partial charge in [-0.1, -0.05) is 13.0 Å². The molecule has 0 amide bonds. The molecule has 0 spiro atoms. The summed E-state index contributed by atoms with van der Waals surface area (Å²) in [7, 11) is 0. The highest BCUT2D eigenvalue weighted by Gasteiger charge is 2.42. The Hall–Kier alpha value is -2.30. The van der Waals surface area contributed by atoms with E-state index in [9.17, 15) is 9.59 Å². The van der Waals surface area contributed by atoms with Crippen molar-refractivity contribution >= 4 is 11.8 Å². The molecule has 3 atom stereocenters. The van der Waals surface area contributed by atoms with Gasteiger partial charge in [0.2, 0.25) is 11.5 Å². The lowest BCUT2D eigenvalue weighted by Gasteiger charge is -2.36. The molecule has 0 N–H and O–H groups in total. The fourth-order valence-electron chi connectivity index (χ4n) is 3.50. The molecule has 1 aliphatic heterocycles. The van der Waals surface area contributed by atoms with Crippen molar-refractivity contribution in [2.24, 2.45) is 5.92 Å². The Kier molecular flexibility index (Phi) is 5.11. The first-order valence-electron chi connectivity index (χ1n) is 8.81. The van der Waals surface area contributed by atoms with E-state index < -0.39 is 0 Å². The van der Waals surface area contributed by atoms with Gasteiger partial charge in [0, 0.05) is 12.8 Å². The summed E-state index contributed by atoms with van der Waals surface area (Å²) in [6.45, 7) is 5.75. The number of hydrogen-bond donors (Lipinski definition) is 0. The van der Waals surface area contributed by atoms with E-state index in [1.165, 1.54) is 6.26 Å². The molecule has 0 aromatic heterocycles. The number of Topliss-reactive ketones (excluding diaryl/α,β-unsaturated/α-hetero) is 1. The molecule has 1 aromatic carbocycles. The van der Waals surface area contributed by atoms with E-state index >= 15 is 0 Å². The van der Waals surface area contributed by atoms with E-state index in [2.05, 4.69) is 6.07 Å². The molecular formula is C20H24O5. The average molecular weight is 344 g/mol. The summed E-state index contributed by atoms with van der Waals surface area (Å²) in [6, 6.07) is 5.85. The Bertz CT molecular complexity index is 686. The monoisotopic (exact) mass is 344 g/mol. The Balaban J connectivity index is 1.68. The van der Waals surface area contributed by atoms with Crippen LogP contribution >= 0.6 is 0 Å². The highest BCUT2D eigenvalue weighted by Crippen LogP contribution is 2.35. The fourth-order valence-corrected chi connectivity index (χ4v) is 3.50. The zero-order chi connectivity index (χ0) is 18.0. The molecular weight excluding hydrogens is 320 g/mol. The highest BCUT2D eigenvalue weighted by atomic mass is 16.5. The predicted molar refractivity (Wildman–Crippen MR) is 92.0 cm³/mol. The number of rotatable bonds is 4. The number of ketones is 1. The SMILES string of the molecule is CCC(=O)OC1CCC2C(=O)C(Oc3cc(C)cc(C)c3)=COC2C1. The summed E-state index contributed by atoms with van der Waals surface area (Å²) in [5.74, 6) is 0.415. The molecule has 1 aliphatic carbocycles. The number of allylic oxidation sites excluding steroid dienone is 1. The molecule has 1 fully saturated rings. The molecule has 1 heterocycles. The van der Waals surface area contributed by atoms with E-state index in [0.29, 0.717) is 31.4 Å². The Labute approximate surface area is 148 Å². The number of ether oxygens (including phenoxy) is 3. The second-order valence-corrected chi connectivity index (χ2v) is 6.83. The first kappa shape index (κ1) is 17.5. The van der Waals surface area contributed by atoms with E-state index in [-0.39, 0.29) is 35.6 Å². The van der Waals surface area contributed by atoms with Gasteiger partial charge in [-0.05, 0) is 49.9 Å². The summed E-state index contributed by atoms with van der Waals surface area (Å²) in [5.41, 5.74) is 2.16. The van der Waals surface area contributed by atoms with Crippen molar-refractivity contribution < 1.29 is 23.8 Å². The molecule has 2 aliphatic rings. The zero-order valence-corrected chi connectivity index (χ0v) is 14.9. The van der Waals surface area contributed by atoms with Gasteiger partial charge in [-0.3, -0.25) is 9.59 Å². The van der Waals surface area contributed by atoms with Gasteiger partial charge in [0.25, 0.3) is 0 Å². The van der Waals surface area contributed by atoms with Crippen LogP contribution in [0, 0.1) is 19.8 Å². The lowest BCUT2D eigenvalue weighted by Crippen LogP contribution is -2.43. The molecule has 0 radical (unpaired) electrons. The second-order valence-electron chi connectivity index (χ2n) is 6.83. The molecule has 1 aromatic rings. The van der Waals surface area contributed by atoms with E-state index in [1.54, 1.807) is 6.92 Å². The normalized spacial score (nSPS) is 25.5. The van der Waals surface area contributed by atoms with Crippen LogP contribution in [-0.2, 0) is 19.1 Å². The third kappa shape index (κ3) is 4.03. The first-order valence-corrected chi connectivity index (χ1v) is 8.81. The summed E-state index contributed by atoms with van der Waals surface area (Å²) < 4.78 is 16.9. The Morgan fingerprint density at radius 3 is 2.60 bits per heavy atom. The summed E-state index contributed by atoms with van der Waals surface area (Å²) in [4.78, 5) is 24.2. The second kappa shape index (κ2) is 7.30. The smallest absolute Gasteiger partial charge is 0.305 e. The third-order valence-electron chi connectivity index (χ3n) is 4.68. The van der Waals surface area contributed by atoms with Crippen LogP contribution in [0.5, 0.6) is 5.75 Å². The van der Waals surface area contributed by atoms with Crippen LogP contribution in [0.3, 0.4) is 0 Å². The van der Waals surface area contributed by atoms with Gasteiger partial charge in [-0.15, -0.1) is 0 Å². The molecule has 1 saturated carbocycles. The maximum Gasteiger partial charge on any atom is 0.305 e. The molecule has 0 bridgehead atoms. The number of aryl methyl sites for hydroxylation is 2. The van der Waals surface area contributed by atoms with Gasteiger partial charge in [0.1, 0.15) is 24.2 Å². The van der Waals surface area contributed by atoms with Crippen LogP contribution in [0.2, 0.25) is 0 Å². The third-order valence-corrected chi connectivity index (χ3v) is 4.68. The summed E-state index contributed by atoms with van der Waals surface area (Å²) in [6.07, 6.45) is 3.22. The van der Waals surface area contributed by atoms with Crippen LogP contribution in [0.4, 0.5) is 0 Å². The predicted octanol–water partition coefficient (Wildman–Crippen LogP) is 3.61. The zero-order valence-electron chi connectivity index (χ0n) is 14.9. The maximum absolute atomic E-state index is 12.7. The molecule has 134 valence electrons. The number of carbonyl (C=O) groups excluding carboxylic acids is 2. The Morgan fingerprint density at radius 2 is 1.92 bits per heavy atom. The molecule has 25 heavy (non-hydrogen) atoms. The standard InChI is InChI=1S/C20H24O5/c1-4-19(21)25-14-5-6-16-17(10-14)23-11-18(20(16)22)24-15-8-12(2)7-13(3)9-15/h7-9,11,14,16-17H,4-6,10H2,1-3H3. The van der Waals surface area contributed by atoms with Gasteiger partial charge in [-0.25, -0.2) is 0 Å². The largest absolute Gasteiger partial charge is 0.493 e. The maximum atomic E-state index is 12.7. The number of fused-ring (bicyclic) bond motifs is 1. The number of esters is 1. The minimum Gasteiger partial charge on any atom is -0.493 e. The Morgan fingerprint density at radius 1 is 1.20 bits per heavy atom. The van der Waals surface area contributed by atoms with Crippen LogP contribution in [0.15, 0.2) is 30.2 Å². The topological polar surface area (TPSA) is 61.8 Å². The summed E-state index contributed by atoms with van der Waals surface area (Å²) >= 11 is 0. The highest BCUT2D eigenvalue weighted by molar-refractivity contribution is 5.96. The first-order chi connectivity index (χ1) is 12.0. The van der Waals surface area contributed by atoms with Crippen molar-refractivity contribution in [3.8, 4) is 5.75 Å². The minimum absolute atomic E-state index is 0.0318. The van der Waals surface area contributed by atoms with Gasteiger partial charge < -0.3 is 14.2 Å². The van der Waals surface area contributed by atoms with Crippen molar-refractivity contribution in [1.82, 2.24) is 0 Å². The lowest BCUT2D eigenvalue weighted by atomic mass is 9.80. The van der Waals surface area contributed by atoms with E-state index in [0.717, 1.165) is 11.1 Å². The summed E-state index contributed by atoms with van der Waals surface area (Å²) in [5, 5.41) is 0. The number of hydrogen-bond acceptors (Lipinski definition) is 5. The van der Waals surface area contributed by atoms with Crippen LogP contribution in [0.1, 0.15) is 43.7 Å². The quantitative estimate of drug-likeness (QED) is 0.781. The van der Waals surface area contributed by atoms with Crippen molar-refractivity contribution in [2.45, 2.75) is 58.7 Å².